The molecule has 1 rings (SSSR count). The van der Waals surface area contributed by atoms with Gasteiger partial charge in [0.1, 0.15) is 5.75 Å². The summed E-state index contributed by atoms with van der Waals surface area (Å²) in [5.41, 5.74) is 1.20. The van der Waals surface area contributed by atoms with E-state index in [2.05, 4.69) is 5.32 Å². The van der Waals surface area contributed by atoms with Gasteiger partial charge in [-0.05, 0) is 31.9 Å². The van der Waals surface area contributed by atoms with Crippen LogP contribution in [0, 0.1) is 6.92 Å². The molecule has 0 fully saturated rings. The molecule has 0 saturated carbocycles. The summed E-state index contributed by atoms with van der Waals surface area (Å²) in [6.45, 7) is 3.21. The first kappa shape index (κ1) is 14.5. The Hall–Kier alpha value is -1.55. The maximum Gasteiger partial charge on any atom is 0.220 e. The molecular weight excluding hydrogens is 230 g/mol. The van der Waals surface area contributed by atoms with Crippen LogP contribution in [0.5, 0.6) is 5.75 Å². The fourth-order valence-electron chi connectivity index (χ4n) is 1.45. The number of benzene rings is 1. The van der Waals surface area contributed by atoms with Crippen LogP contribution in [-0.4, -0.2) is 30.8 Å². The summed E-state index contributed by atoms with van der Waals surface area (Å²) in [5, 5.41) is 11.3. The number of ether oxygens (including phenoxy) is 1. The highest BCUT2D eigenvalue weighted by Gasteiger charge is 2.00. The van der Waals surface area contributed by atoms with Gasteiger partial charge < -0.3 is 15.2 Å². The highest BCUT2D eigenvalue weighted by Crippen LogP contribution is 2.11. The molecule has 1 aromatic rings. The Morgan fingerprint density at radius 2 is 2.00 bits per heavy atom. The van der Waals surface area contributed by atoms with Gasteiger partial charge in [0.15, 0.2) is 0 Å². The van der Waals surface area contributed by atoms with Gasteiger partial charge in [-0.3, -0.25) is 4.79 Å². The van der Waals surface area contributed by atoms with Crippen LogP contribution >= 0.6 is 0 Å². The molecule has 4 heteroatoms. The molecule has 0 saturated heterocycles. The molecule has 0 aliphatic carbocycles. The number of aliphatic hydroxyl groups is 1. The fraction of sp³-hybridized carbons (Fsp3) is 0.500. The molecule has 2 N–H and O–H groups in total. The molecule has 0 spiro atoms. The van der Waals surface area contributed by atoms with E-state index in [-0.39, 0.29) is 12.5 Å². The molecule has 0 atom stereocenters. The lowest BCUT2D eigenvalue weighted by molar-refractivity contribution is -0.121. The smallest absolute Gasteiger partial charge is 0.220 e. The second-order valence-corrected chi connectivity index (χ2v) is 4.19. The van der Waals surface area contributed by atoms with Crippen molar-refractivity contribution in [2.24, 2.45) is 0 Å². The molecule has 0 radical (unpaired) electrons. The SMILES string of the molecule is Cc1ccc(OCCCC(=O)NCCCO)cc1. The lowest BCUT2D eigenvalue weighted by atomic mass is 10.2. The summed E-state index contributed by atoms with van der Waals surface area (Å²) in [7, 11) is 0. The van der Waals surface area contributed by atoms with Crippen molar-refractivity contribution in [3.63, 3.8) is 0 Å². The number of nitrogens with one attached hydrogen (secondary N) is 1. The number of amides is 1. The Morgan fingerprint density at radius 1 is 1.28 bits per heavy atom. The molecule has 1 aromatic carbocycles. The van der Waals surface area contributed by atoms with Gasteiger partial charge in [0.2, 0.25) is 5.91 Å². The van der Waals surface area contributed by atoms with Crippen molar-refractivity contribution in [2.45, 2.75) is 26.2 Å². The summed E-state index contributed by atoms with van der Waals surface area (Å²) < 4.78 is 5.52. The third-order valence-corrected chi connectivity index (χ3v) is 2.49. The lowest BCUT2D eigenvalue weighted by Crippen LogP contribution is -2.25. The van der Waals surface area contributed by atoms with Gasteiger partial charge in [-0.2, -0.15) is 0 Å². The average Bonchev–Trinajstić information content (AvgIpc) is 2.37. The molecule has 0 unspecified atom stereocenters. The minimum Gasteiger partial charge on any atom is -0.494 e. The zero-order chi connectivity index (χ0) is 13.2. The third kappa shape index (κ3) is 6.25. The average molecular weight is 251 g/mol. The van der Waals surface area contributed by atoms with Crippen molar-refractivity contribution in [1.82, 2.24) is 5.32 Å². The van der Waals surface area contributed by atoms with Gasteiger partial charge >= 0.3 is 0 Å². The number of carbonyl (C=O) groups is 1. The largest absolute Gasteiger partial charge is 0.494 e. The quantitative estimate of drug-likeness (QED) is 0.691. The Morgan fingerprint density at radius 3 is 2.67 bits per heavy atom. The Labute approximate surface area is 108 Å². The number of hydrogen-bond donors (Lipinski definition) is 2. The number of aryl methyl sites for hydroxylation is 1. The molecule has 100 valence electrons. The Bertz CT molecular complexity index is 349. The maximum absolute atomic E-state index is 11.3. The molecule has 0 aliphatic heterocycles. The zero-order valence-electron chi connectivity index (χ0n) is 10.8. The molecule has 4 nitrogen and oxygen atoms in total. The molecular formula is C14H21NO3. The van der Waals surface area contributed by atoms with E-state index in [1.807, 2.05) is 31.2 Å². The van der Waals surface area contributed by atoms with Crippen LogP contribution < -0.4 is 10.1 Å². The van der Waals surface area contributed by atoms with Crippen LogP contribution in [0.4, 0.5) is 0 Å². The Kier molecular flexibility index (Phi) is 6.87. The zero-order valence-corrected chi connectivity index (χ0v) is 10.8. The van der Waals surface area contributed by atoms with Crippen molar-refractivity contribution >= 4 is 5.91 Å². The number of carbonyl (C=O) groups excluding carboxylic acids is 1. The third-order valence-electron chi connectivity index (χ3n) is 2.49. The second kappa shape index (κ2) is 8.53. The van der Waals surface area contributed by atoms with E-state index >= 15 is 0 Å². The number of hydrogen-bond acceptors (Lipinski definition) is 3. The van der Waals surface area contributed by atoms with Gasteiger partial charge in [-0.15, -0.1) is 0 Å². The van der Waals surface area contributed by atoms with E-state index in [0.717, 1.165) is 5.75 Å². The summed E-state index contributed by atoms with van der Waals surface area (Å²) in [6, 6.07) is 7.85. The van der Waals surface area contributed by atoms with Gasteiger partial charge in [0.05, 0.1) is 6.61 Å². The molecule has 1 amide bonds. The summed E-state index contributed by atoms with van der Waals surface area (Å²) >= 11 is 0. The lowest BCUT2D eigenvalue weighted by Gasteiger charge is -2.07. The van der Waals surface area contributed by atoms with Crippen molar-refractivity contribution < 1.29 is 14.6 Å². The van der Waals surface area contributed by atoms with Gasteiger partial charge in [-0.25, -0.2) is 0 Å². The molecule has 0 heterocycles. The predicted octanol–water partition coefficient (Wildman–Crippen LogP) is 1.65. The first-order valence-electron chi connectivity index (χ1n) is 6.29. The van der Waals surface area contributed by atoms with Crippen LogP contribution in [0.1, 0.15) is 24.8 Å². The minimum absolute atomic E-state index is 0.0101. The summed E-state index contributed by atoms with van der Waals surface area (Å²) in [4.78, 5) is 11.3. The number of aliphatic hydroxyl groups excluding tert-OH is 1. The van der Waals surface area contributed by atoms with Crippen molar-refractivity contribution in [3.05, 3.63) is 29.8 Å². The van der Waals surface area contributed by atoms with Crippen LogP contribution in [-0.2, 0) is 4.79 Å². The van der Waals surface area contributed by atoms with Crippen LogP contribution in [0.25, 0.3) is 0 Å². The molecule has 0 aromatic heterocycles. The van der Waals surface area contributed by atoms with E-state index in [0.29, 0.717) is 32.4 Å². The number of rotatable bonds is 8. The Balaban J connectivity index is 2.07. The van der Waals surface area contributed by atoms with Crippen LogP contribution in [0.3, 0.4) is 0 Å². The highest BCUT2D eigenvalue weighted by molar-refractivity contribution is 5.75. The maximum atomic E-state index is 11.3. The van der Waals surface area contributed by atoms with E-state index in [4.69, 9.17) is 9.84 Å². The molecule has 0 bridgehead atoms. The van der Waals surface area contributed by atoms with Crippen molar-refractivity contribution in [1.29, 1.82) is 0 Å². The van der Waals surface area contributed by atoms with E-state index in [9.17, 15) is 4.79 Å². The van der Waals surface area contributed by atoms with Crippen LogP contribution in [0.2, 0.25) is 0 Å². The van der Waals surface area contributed by atoms with E-state index < -0.39 is 0 Å². The monoisotopic (exact) mass is 251 g/mol. The van der Waals surface area contributed by atoms with Crippen LogP contribution in [0.15, 0.2) is 24.3 Å². The van der Waals surface area contributed by atoms with Crippen molar-refractivity contribution in [2.75, 3.05) is 19.8 Å². The topological polar surface area (TPSA) is 58.6 Å². The summed E-state index contributed by atoms with van der Waals surface area (Å²) in [6.07, 6.45) is 1.75. The first-order valence-corrected chi connectivity index (χ1v) is 6.29. The minimum atomic E-state index is 0.0101. The first-order chi connectivity index (χ1) is 8.72. The van der Waals surface area contributed by atoms with E-state index in [1.165, 1.54) is 5.56 Å². The van der Waals surface area contributed by atoms with Gasteiger partial charge in [0.25, 0.3) is 0 Å². The van der Waals surface area contributed by atoms with E-state index in [1.54, 1.807) is 0 Å². The highest BCUT2D eigenvalue weighted by atomic mass is 16.5. The summed E-state index contributed by atoms with van der Waals surface area (Å²) in [5.74, 6) is 0.845. The van der Waals surface area contributed by atoms with Gasteiger partial charge in [0, 0.05) is 19.6 Å². The van der Waals surface area contributed by atoms with Crippen molar-refractivity contribution in [3.8, 4) is 5.75 Å². The molecule has 0 aliphatic rings. The fourth-order valence-corrected chi connectivity index (χ4v) is 1.45. The standard InChI is InChI=1S/C14H21NO3/c1-12-5-7-13(8-6-12)18-11-2-4-14(17)15-9-3-10-16/h5-8,16H,2-4,9-11H2,1H3,(H,15,17). The second-order valence-electron chi connectivity index (χ2n) is 4.19. The van der Waals surface area contributed by atoms with Gasteiger partial charge in [-0.1, -0.05) is 17.7 Å². The normalized spacial score (nSPS) is 10.1. The molecule has 18 heavy (non-hydrogen) atoms. The predicted molar refractivity (Wildman–Crippen MR) is 70.6 cm³/mol.